The molecule has 0 saturated carbocycles. The fraction of sp³-hybridized carbons (Fsp3) is 0.273. The highest BCUT2D eigenvalue weighted by molar-refractivity contribution is 6.34. The normalized spacial score (nSPS) is 18.7. The van der Waals surface area contributed by atoms with Gasteiger partial charge in [-0.3, -0.25) is 9.59 Å². The Bertz CT molecular complexity index is 571. The Labute approximate surface area is 110 Å². The topological polar surface area (TPSA) is 66.4 Å². The van der Waals surface area contributed by atoms with Crippen LogP contribution in [0.2, 0.25) is 5.02 Å². The van der Waals surface area contributed by atoms with Gasteiger partial charge < -0.3 is 10.4 Å². The van der Waals surface area contributed by atoms with E-state index in [4.69, 9.17) is 16.7 Å². The molecule has 2 rings (SSSR count). The molecule has 0 aliphatic carbocycles. The third kappa shape index (κ3) is 2.25. The van der Waals surface area contributed by atoms with E-state index in [1.165, 1.54) is 0 Å². The number of fused-ring (bicyclic) bond motifs is 1. The number of hydrogen-bond acceptors (Lipinski definition) is 3. The number of carbonyl (C=O) groups excluding carboxylic acids is 1. The number of rotatable bonds is 1. The molecule has 19 heavy (non-hydrogen) atoms. The molecular formula is C11H7ClF3NO3. The van der Waals surface area contributed by atoms with Crippen LogP contribution in [0.3, 0.4) is 0 Å². The number of carboxylic acids is 1. The molecule has 102 valence electrons. The van der Waals surface area contributed by atoms with Gasteiger partial charge in [-0.05, 0) is 12.1 Å². The average molecular weight is 294 g/mol. The lowest BCUT2D eigenvalue weighted by Crippen LogP contribution is -2.37. The second-order valence-corrected chi connectivity index (χ2v) is 4.39. The molecule has 1 aromatic rings. The van der Waals surface area contributed by atoms with Crippen LogP contribution in [0.15, 0.2) is 12.1 Å². The van der Waals surface area contributed by atoms with E-state index in [9.17, 15) is 22.8 Å². The van der Waals surface area contributed by atoms with Gasteiger partial charge in [-0.15, -0.1) is 0 Å². The molecule has 1 unspecified atom stereocenters. The highest BCUT2D eigenvalue weighted by Gasteiger charge is 2.42. The van der Waals surface area contributed by atoms with Gasteiger partial charge >= 0.3 is 12.1 Å². The van der Waals surface area contributed by atoms with Crippen molar-refractivity contribution in [3.05, 3.63) is 28.3 Å². The van der Waals surface area contributed by atoms with E-state index in [1.54, 1.807) is 0 Å². The van der Waals surface area contributed by atoms with E-state index in [0.29, 0.717) is 6.07 Å². The number of carbonyl (C=O) groups is 2. The molecule has 0 fully saturated rings. The molecule has 1 aliphatic rings. The Kier molecular flexibility index (Phi) is 3.17. The zero-order valence-corrected chi connectivity index (χ0v) is 9.97. The summed E-state index contributed by atoms with van der Waals surface area (Å²) in [5.41, 5.74) is -2.06. The van der Waals surface area contributed by atoms with Crippen molar-refractivity contribution >= 4 is 29.0 Å². The largest absolute Gasteiger partial charge is 0.481 e. The molecule has 1 heterocycles. The van der Waals surface area contributed by atoms with E-state index in [0.717, 1.165) is 6.07 Å². The van der Waals surface area contributed by atoms with Crippen LogP contribution in [0.25, 0.3) is 0 Å². The Hall–Kier alpha value is -1.76. The molecule has 0 amide bonds. The summed E-state index contributed by atoms with van der Waals surface area (Å²) in [6, 6.07) is 1.69. The van der Waals surface area contributed by atoms with Crippen LogP contribution in [-0.4, -0.2) is 23.4 Å². The second-order valence-electron chi connectivity index (χ2n) is 3.98. The van der Waals surface area contributed by atoms with Gasteiger partial charge in [-0.1, -0.05) is 11.6 Å². The number of hydrogen-bond donors (Lipinski definition) is 2. The Balaban J connectivity index is 2.66. The minimum Gasteiger partial charge on any atom is -0.481 e. The number of halogens is 4. The molecule has 0 spiro atoms. The molecule has 1 aromatic carbocycles. The van der Waals surface area contributed by atoms with Crippen LogP contribution in [0.1, 0.15) is 15.9 Å². The van der Waals surface area contributed by atoms with Gasteiger partial charge in [0.2, 0.25) is 0 Å². The van der Waals surface area contributed by atoms with Gasteiger partial charge in [0.25, 0.3) is 0 Å². The SMILES string of the molecule is O=C(O)C1CNc2c(Cl)ccc(C(F)(F)F)c2C1=O. The summed E-state index contributed by atoms with van der Waals surface area (Å²) >= 11 is 5.73. The van der Waals surface area contributed by atoms with Crippen LogP contribution < -0.4 is 5.32 Å². The van der Waals surface area contributed by atoms with E-state index >= 15 is 0 Å². The number of aliphatic carboxylic acids is 1. The van der Waals surface area contributed by atoms with Crippen LogP contribution in [0.5, 0.6) is 0 Å². The van der Waals surface area contributed by atoms with Crippen molar-refractivity contribution in [2.45, 2.75) is 6.18 Å². The maximum Gasteiger partial charge on any atom is 0.417 e. The van der Waals surface area contributed by atoms with Crippen LogP contribution in [0, 0.1) is 5.92 Å². The van der Waals surface area contributed by atoms with Crippen molar-refractivity contribution in [2.75, 3.05) is 11.9 Å². The van der Waals surface area contributed by atoms with Gasteiger partial charge in [0, 0.05) is 6.54 Å². The molecule has 0 saturated heterocycles. The molecule has 0 bridgehead atoms. The summed E-state index contributed by atoms with van der Waals surface area (Å²) in [5.74, 6) is -4.11. The van der Waals surface area contributed by atoms with Gasteiger partial charge in [0.1, 0.15) is 5.92 Å². The standard InChI is InChI=1S/C11H7ClF3NO3/c12-6-2-1-5(11(13,14)15)7-8(6)16-3-4(9(7)17)10(18)19/h1-2,4,16H,3H2,(H,18,19). The van der Waals surface area contributed by atoms with Gasteiger partial charge in [-0.2, -0.15) is 13.2 Å². The third-order valence-electron chi connectivity index (χ3n) is 2.80. The summed E-state index contributed by atoms with van der Waals surface area (Å²) in [7, 11) is 0. The minimum atomic E-state index is -4.76. The van der Waals surface area contributed by atoms with E-state index in [1.807, 2.05) is 0 Å². The Morgan fingerprint density at radius 1 is 1.42 bits per heavy atom. The van der Waals surface area contributed by atoms with Crippen molar-refractivity contribution in [1.29, 1.82) is 0 Å². The summed E-state index contributed by atoms with van der Waals surface area (Å²) < 4.78 is 38.5. The number of nitrogens with one attached hydrogen (secondary N) is 1. The quantitative estimate of drug-likeness (QED) is 0.781. The number of anilines is 1. The molecular weight excluding hydrogens is 287 g/mol. The predicted octanol–water partition coefficient (Wildman–Crippen LogP) is 2.67. The number of alkyl halides is 3. The number of ketones is 1. The van der Waals surface area contributed by atoms with Gasteiger partial charge in [0.05, 0.1) is 21.8 Å². The average Bonchev–Trinajstić information content (AvgIpc) is 2.28. The molecule has 1 atom stereocenters. The molecule has 0 radical (unpaired) electrons. The smallest absolute Gasteiger partial charge is 0.417 e. The number of carboxylic acid groups (broad SMARTS) is 1. The summed E-state index contributed by atoms with van der Waals surface area (Å²) in [4.78, 5) is 22.7. The van der Waals surface area contributed by atoms with E-state index < -0.39 is 35.0 Å². The van der Waals surface area contributed by atoms with Crippen molar-refractivity contribution in [3.8, 4) is 0 Å². The first-order valence-electron chi connectivity index (χ1n) is 5.14. The maximum absolute atomic E-state index is 12.8. The minimum absolute atomic E-state index is 0.0554. The maximum atomic E-state index is 12.8. The van der Waals surface area contributed by atoms with Crippen molar-refractivity contribution < 1.29 is 27.9 Å². The zero-order valence-electron chi connectivity index (χ0n) is 9.21. The first-order chi connectivity index (χ1) is 8.73. The van der Waals surface area contributed by atoms with Gasteiger partial charge in [-0.25, -0.2) is 0 Å². The first-order valence-corrected chi connectivity index (χ1v) is 5.52. The van der Waals surface area contributed by atoms with E-state index in [2.05, 4.69) is 5.32 Å². The lowest BCUT2D eigenvalue weighted by atomic mass is 9.89. The molecule has 8 heteroatoms. The zero-order chi connectivity index (χ0) is 14.4. The van der Waals surface area contributed by atoms with Gasteiger partial charge in [0.15, 0.2) is 5.78 Å². The summed E-state index contributed by atoms with van der Waals surface area (Å²) in [5, 5.41) is 11.2. The number of Topliss-reactive ketones (excluding diaryl/α,β-unsaturated/α-hetero) is 1. The molecule has 2 N–H and O–H groups in total. The lowest BCUT2D eigenvalue weighted by Gasteiger charge is -2.25. The molecule has 4 nitrogen and oxygen atoms in total. The van der Waals surface area contributed by atoms with Crippen molar-refractivity contribution in [3.63, 3.8) is 0 Å². The fourth-order valence-corrected chi connectivity index (χ4v) is 2.14. The Morgan fingerprint density at radius 2 is 2.05 bits per heavy atom. The third-order valence-corrected chi connectivity index (χ3v) is 3.12. The predicted molar refractivity (Wildman–Crippen MR) is 60.4 cm³/mol. The van der Waals surface area contributed by atoms with E-state index in [-0.39, 0.29) is 17.3 Å². The van der Waals surface area contributed by atoms with Crippen molar-refractivity contribution in [1.82, 2.24) is 0 Å². The van der Waals surface area contributed by atoms with Crippen LogP contribution in [0.4, 0.5) is 18.9 Å². The molecule has 0 aromatic heterocycles. The van der Waals surface area contributed by atoms with Crippen LogP contribution >= 0.6 is 11.6 Å². The van der Waals surface area contributed by atoms with Crippen molar-refractivity contribution in [2.24, 2.45) is 5.92 Å². The second kappa shape index (κ2) is 4.41. The highest BCUT2D eigenvalue weighted by Crippen LogP contribution is 2.41. The van der Waals surface area contributed by atoms with Crippen LogP contribution in [-0.2, 0) is 11.0 Å². The molecule has 1 aliphatic heterocycles. The number of benzene rings is 1. The summed E-state index contributed by atoms with van der Waals surface area (Å²) in [6.45, 7) is -0.289. The first kappa shape index (κ1) is 13.7. The summed E-state index contributed by atoms with van der Waals surface area (Å²) in [6.07, 6.45) is -4.76. The monoisotopic (exact) mass is 293 g/mol. The Morgan fingerprint density at radius 3 is 2.58 bits per heavy atom. The lowest BCUT2D eigenvalue weighted by molar-refractivity contribution is -0.141. The highest BCUT2D eigenvalue weighted by atomic mass is 35.5. The fourth-order valence-electron chi connectivity index (χ4n) is 1.91.